The van der Waals surface area contributed by atoms with Gasteiger partial charge in [-0.1, -0.05) is 26.7 Å². The molecule has 2 unspecified atom stereocenters. The Kier molecular flexibility index (Phi) is 3.52. The molecule has 1 aliphatic carbocycles. The lowest BCUT2D eigenvalue weighted by atomic mass is 9.76. The number of aryl methyl sites for hydroxylation is 2. The van der Waals surface area contributed by atoms with Crippen molar-refractivity contribution in [3.63, 3.8) is 0 Å². The van der Waals surface area contributed by atoms with Gasteiger partial charge in [0, 0.05) is 13.5 Å². The third-order valence-electron chi connectivity index (χ3n) is 3.76. The summed E-state index contributed by atoms with van der Waals surface area (Å²) in [5.41, 5.74) is 6.30. The minimum atomic E-state index is -0.259. The molecule has 2 N–H and O–H groups in total. The maximum atomic E-state index is 6.56. The summed E-state index contributed by atoms with van der Waals surface area (Å²) in [6, 6.07) is 0. The zero-order valence-electron chi connectivity index (χ0n) is 11.2. The van der Waals surface area contributed by atoms with Crippen molar-refractivity contribution >= 4 is 0 Å². The molecule has 1 aliphatic rings. The van der Waals surface area contributed by atoms with E-state index in [0.717, 1.165) is 37.3 Å². The van der Waals surface area contributed by atoms with Crippen LogP contribution < -0.4 is 5.73 Å². The van der Waals surface area contributed by atoms with Gasteiger partial charge < -0.3 is 5.73 Å². The molecule has 0 bridgehead atoms. The molecule has 1 aromatic rings. The van der Waals surface area contributed by atoms with E-state index in [1.165, 1.54) is 12.8 Å². The quantitative estimate of drug-likeness (QED) is 0.874. The SMILES string of the molecule is CCCc1nc(C2(N)CCCC(C)C2)n(C)n1. The number of hydrogen-bond acceptors (Lipinski definition) is 3. The van der Waals surface area contributed by atoms with E-state index in [9.17, 15) is 0 Å². The van der Waals surface area contributed by atoms with Crippen molar-refractivity contribution < 1.29 is 0 Å². The van der Waals surface area contributed by atoms with Crippen molar-refractivity contribution in [1.82, 2.24) is 14.8 Å². The molecule has 2 atom stereocenters. The monoisotopic (exact) mass is 236 g/mol. The summed E-state index contributed by atoms with van der Waals surface area (Å²) in [7, 11) is 1.97. The highest BCUT2D eigenvalue weighted by molar-refractivity contribution is 5.09. The first-order valence-corrected chi connectivity index (χ1v) is 6.74. The largest absolute Gasteiger partial charge is 0.319 e. The van der Waals surface area contributed by atoms with Gasteiger partial charge in [-0.2, -0.15) is 5.10 Å². The molecule has 17 heavy (non-hydrogen) atoms. The van der Waals surface area contributed by atoms with Crippen LogP contribution in [0.3, 0.4) is 0 Å². The smallest absolute Gasteiger partial charge is 0.151 e. The van der Waals surface area contributed by atoms with Gasteiger partial charge in [0.05, 0.1) is 5.54 Å². The Morgan fingerprint density at radius 3 is 2.94 bits per heavy atom. The summed E-state index contributed by atoms with van der Waals surface area (Å²) in [5, 5.41) is 4.47. The zero-order valence-corrected chi connectivity index (χ0v) is 11.2. The molecule has 0 radical (unpaired) electrons. The van der Waals surface area contributed by atoms with Gasteiger partial charge in [-0.3, -0.25) is 4.68 Å². The van der Waals surface area contributed by atoms with Crippen molar-refractivity contribution in [2.24, 2.45) is 18.7 Å². The molecule has 2 rings (SSSR count). The minimum absolute atomic E-state index is 0.259. The lowest BCUT2D eigenvalue weighted by Gasteiger charge is -2.35. The summed E-state index contributed by atoms with van der Waals surface area (Å²) in [6.07, 6.45) is 6.59. The van der Waals surface area contributed by atoms with Crippen LogP contribution in [-0.4, -0.2) is 14.8 Å². The molecule has 0 saturated heterocycles. The highest BCUT2D eigenvalue weighted by Gasteiger charge is 2.36. The van der Waals surface area contributed by atoms with E-state index in [2.05, 4.69) is 23.9 Å². The molecule has 1 heterocycles. The number of nitrogens with two attached hydrogens (primary N) is 1. The Morgan fingerprint density at radius 2 is 2.29 bits per heavy atom. The molecule has 0 aromatic carbocycles. The Labute approximate surface area is 104 Å². The first kappa shape index (κ1) is 12.6. The molecule has 1 aromatic heterocycles. The summed E-state index contributed by atoms with van der Waals surface area (Å²) >= 11 is 0. The average Bonchev–Trinajstić information content (AvgIpc) is 2.60. The molecular weight excluding hydrogens is 212 g/mol. The van der Waals surface area contributed by atoms with Crippen molar-refractivity contribution in [3.8, 4) is 0 Å². The fourth-order valence-electron chi connectivity index (χ4n) is 3.00. The van der Waals surface area contributed by atoms with Crippen LogP contribution in [0.2, 0.25) is 0 Å². The van der Waals surface area contributed by atoms with Crippen LogP contribution in [0.5, 0.6) is 0 Å². The van der Waals surface area contributed by atoms with Crippen molar-refractivity contribution in [2.45, 2.75) is 57.9 Å². The van der Waals surface area contributed by atoms with Gasteiger partial charge in [0.2, 0.25) is 0 Å². The average molecular weight is 236 g/mol. The van der Waals surface area contributed by atoms with Crippen molar-refractivity contribution in [1.29, 1.82) is 0 Å². The van der Waals surface area contributed by atoms with Gasteiger partial charge in [0.15, 0.2) is 5.82 Å². The van der Waals surface area contributed by atoms with Crippen molar-refractivity contribution in [3.05, 3.63) is 11.6 Å². The van der Waals surface area contributed by atoms with E-state index in [-0.39, 0.29) is 5.54 Å². The highest BCUT2D eigenvalue weighted by Crippen LogP contribution is 2.36. The standard InChI is InChI=1S/C13H24N4/c1-4-6-11-15-12(17(3)16-11)13(14)8-5-7-10(2)9-13/h10H,4-9,14H2,1-3H3. The van der Waals surface area contributed by atoms with E-state index < -0.39 is 0 Å². The van der Waals surface area contributed by atoms with Gasteiger partial charge in [-0.25, -0.2) is 4.98 Å². The van der Waals surface area contributed by atoms with E-state index in [0.29, 0.717) is 5.92 Å². The van der Waals surface area contributed by atoms with Gasteiger partial charge in [0.1, 0.15) is 5.82 Å². The molecule has 1 saturated carbocycles. The lowest BCUT2D eigenvalue weighted by molar-refractivity contribution is 0.222. The van der Waals surface area contributed by atoms with Crippen LogP contribution in [0, 0.1) is 5.92 Å². The van der Waals surface area contributed by atoms with Crippen LogP contribution >= 0.6 is 0 Å². The van der Waals surface area contributed by atoms with Crippen LogP contribution in [0.25, 0.3) is 0 Å². The Morgan fingerprint density at radius 1 is 1.53 bits per heavy atom. The van der Waals surface area contributed by atoms with Gasteiger partial charge in [0.25, 0.3) is 0 Å². The van der Waals surface area contributed by atoms with Crippen LogP contribution in [0.4, 0.5) is 0 Å². The Bertz CT molecular complexity index is 385. The second-order valence-corrected chi connectivity index (χ2v) is 5.58. The van der Waals surface area contributed by atoms with E-state index in [1.807, 2.05) is 11.7 Å². The van der Waals surface area contributed by atoms with Crippen LogP contribution in [-0.2, 0) is 19.0 Å². The molecule has 0 amide bonds. The second-order valence-electron chi connectivity index (χ2n) is 5.58. The predicted molar refractivity (Wildman–Crippen MR) is 68.5 cm³/mol. The molecular formula is C13H24N4. The fraction of sp³-hybridized carbons (Fsp3) is 0.846. The number of aromatic nitrogens is 3. The first-order chi connectivity index (χ1) is 8.05. The van der Waals surface area contributed by atoms with E-state index >= 15 is 0 Å². The van der Waals surface area contributed by atoms with Gasteiger partial charge in [-0.05, 0) is 25.2 Å². The number of nitrogens with zero attached hydrogens (tertiary/aromatic N) is 3. The van der Waals surface area contributed by atoms with E-state index in [1.54, 1.807) is 0 Å². The van der Waals surface area contributed by atoms with Crippen LogP contribution in [0.15, 0.2) is 0 Å². The molecule has 0 spiro atoms. The molecule has 0 aliphatic heterocycles. The summed E-state index contributed by atoms with van der Waals surface area (Å²) in [5.74, 6) is 2.61. The van der Waals surface area contributed by atoms with E-state index in [4.69, 9.17) is 5.73 Å². The highest BCUT2D eigenvalue weighted by atomic mass is 15.3. The fourth-order valence-corrected chi connectivity index (χ4v) is 3.00. The Balaban J connectivity index is 2.25. The van der Waals surface area contributed by atoms with Gasteiger partial charge in [-0.15, -0.1) is 0 Å². The van der Waals surface area contributed by atoms with Crippen LogP contribution in [0.1, 0.15) is 57.6 Å². The third kappa shape index (κ3) is 2.51. The summed E-state index contributed by atoms with van der Waals surface area (Å²) in [6.45, 7) is 4.43. The third-order valence-corrected chi connectivity index (χ3v) is 3.76. The first-order valence-electron chi connectivity index (χ1n) is 6.74. The maximum Gasteiger partial charge on any atom is 0.151 e. The second kappa shape index (κ2) is 4.77. The van der Waals surface area contributed by atoms with Crippen molar-refractivity contribution in [2.75, 3.05) is 0 Å². The molecule has 1 fully saturated rings. The van der Waals surface area contributed by atoms with Gasteiger partial charge >= 0.3 is 0 Å². The molecule has 4 heteroatoms. The molecule has 4 nitrogen and oxygen atoms in total. The lowest BCUT2D eigenvalue weighted by Crippen LogP contribution is -2.43. The number of hydrogen-bond donors (Lipinski definition) is 1. The summed E-state index contributed by atoms with van der Waals surface area (Å²) < 4.78 is 1.89. The maximum absolute atomic E-state index is 6.56. The zero-order chi connectivity index (χ0) is 12.5. The minimum Gasteiger partial charge on any atom is -0.319 e. The molecule has 96 valence electrons. The predicted octanol–water partition coefficient (Wildman–Crippen LogP) is 2.13. The number of rotatable bonds is 3. The Hall–Kier alpha value is -0.900. The summed E-state index contributed by atoms with van der Waals surface area (Å²) in [4.78, 5) is 4.66. The normalized spacial score (nSPS) is 29.5. The topological polar surface area (TPSA) is 56.7 Å².